The second kappa shape index (κ2) is 11.7. The number of hydrazone groups is 1. The lowest BCUT2D eigenvalue weighted by molar-refractivity contribution is 0.0950. The van der Waals surface area contributed by atoms with Gasteiger partial charge in [0.15, 0.2) is 0 Å². The molecule has 4 aromatic rings. The van der Waals surface area contributed by atoms with Crippen LogP contribution in [0.4, 0.5) is 0 Å². The number of nitrogens with one attached hydrogen (secondary N) is 2. The van der Waals surface area contributed by atoms with Gasteiger partial charge in [-0.3, -0.25) is 14.4 Å². The van der Waals surface area contributed by atoms with E-state index in [9.17, 15) is 19.5 Å². The molecule has 38 heavy (non-hydrogen) atoms. The molecule has 0 saturated carbocycles. The van der Waals surface area contributed by atoms with Crippen molar-refractivity contribution in [1.29, 1.82) is 0 Å². The number of aromatic hydroxyl groups is 1. The Morgan fingerprint density at radius 3 is 2.42 bits per heavy atom. The zero-order valence-electron chi connectivity index (χ0n) is 20.5. The summed E-state index contributed by atoms with van der Waals surface area (Å²) in [5, 5.41) is 19.4. The number of rotatable bonds is 9. The summed E-state index contributed by atoms with van der Waals surface area (Å²) in [6, 6.07) is 17.1. The Morgan fingerprint density at radius 2 is 1.74 bits per heavy atom. The van der Waals surface area contributed by atoms with Crippen LogP contribution in [-0.2, 0) is 6.54 Å². The van der Waals surface area contributed by atoms with Crippen LogP contribution in [0.2, 0.25) is 0 Å². The molecule has 0 aliphatic rings. The Bertz CT molecular complexity index is 1520. The SMILES string of the molecule is COc1ccc(-c2scc(/C(C)=N/NC(=O)c3ccc(C(=O)NCc4cccc(C(N)=O)c4)s3)c2O)cc1. The van der Waals surface area contributed by atoms with Crippen LogP contribution in [-0.4, -0.2) is 35.6 Å². The molecule has 0 bridgehead atoms. The zero-order chi connectivity index (χ0) is 27.2. The van der Waals surface area contributed by atoms with Crippen molar-refractivity contribution in [2.24, 2.45) is 10.8 Å². The first-order valence-electron chi connectivity index (χ1n) is 11.3. The molecule has 2 aromatic carbocycles. The van der Waals surface area contributed by atoms with Gasteiger partial charge in [0, 0.05) is 17.5 Å². The van der Waals surface area contributed by atoms with Gasteiger partial charge in [-0.2, -0.15) is 5.10 Å². The van der Waals surface area contributed by atoms with E-state index in [1.54, 1.807) is 49.7 Å². The van der Waals surface area contributed by atoms with E-state index in [2.05, 4.69) is 15.8 Å². The fourth-order valence-corrected chi connectivity index (χ4v) is 5.32. The third-order valence-corrected chi connectivity index (χ3v) is 7.65. The second-order valence-corrected chi connectivity index (χ2v) is 10.1. The Kier molecular flexibility index (Phi) is 8.19. The van der Waals surface area contributed by atoms with E-state index in [1.807, 2.05) is 24.3 Å². The molecule has 2 heterocycles. The number of primary amides is 1. The molecule has 0 radical (unpaired) electrons. The van der Waals surface area contributed by atoms with Crippen molar-refractivity contribution >= 4 is 46.1 Å². The molecule has 0 unspecified atom stereocenters. The van der Waals surface area contributed by atoms with Crippen LogP contribution in [0, 0.1) is 0 Å². The van der Waals surface area contributed by atoms with Gasteiger partial charge in [0.2, 0.25) is 5.91 Å². The fourth-order valence-electron chi connectivity index (χ4n) is 3.49. The van der Waals surface area contributed by atoms with Gasteiger partial charge in [-0.15, -0.1) is 22.7 Å². The molecule has 0 saturated heterocycles. The van der Waals surface area contributed by atoms with Crippen molar-refractivity contribution in [3.63, 3.8) is 0 Å². The summed E-state index contributed by atoms with van der Waals surface area (Å²) < 4.78 is 5.17. The highest BCUT2D eigenvalue weighted by Gasteiger charge is 2.17. The van der Waals surface area contributed by atoms with Crippen LogP contribution >= 0.6 is 22.7 Å². The van der Waals surface area contributed by atoms with Crippen molar-refractivity contribution < 1.29 is 24.2 Å². The third-order valence-electron chi connectivity index (χ3n) is 5.55. The van der Waals surface area contributed by atoms with E-state index in [1.165, 1.54) is 17.4 Å². The largest absolute Gasteiger partial charge is 0.506 e. The molecule has 5 N–H and O–H groups in total. The van der Waals surface area contributed by atoms with E-state index in [0.717, 1.165) is 28.2 Å². The molecule has 4 rings (SSSR count). The van der Waals surface area contributed by atoms with Gasteiger partial charge in [-0.05, 0) is 66.6 Å². The van der Waals surface area contributed by atoms with Crippen LogP contribution in [0.25, 0.3) is 10.4 Å². The highest BCUT2D eigenvalue weighted by atomic mass is 32.1. The number of benzene rings is 2. The van der Waals surface area contributed by atoms with Crippen LogP contribution < -0.4 is 21.2 Å². The smallest absolute Gasteiger partial charge is 0.281 e. The fraction of sp³-hybridized carbons (Fsp3) is 0.111. The normalized spacial score (nSPS) is 11.2. The van der Waals surface area contributed by atoms with Crippen LogP contribution in [0.3, 0.4) is 0 Å². The second-order valence-electron chi connectivity index (χ2n) is 8.10. The van der Waals surface area contributed by atoms with Crippen molar-refractivity contribution in [1.82, 2.24) is 10.7 Å². The number of amides is 3. The number of nitrogens with zero attached hydrogens (tertiary/aromatic N) is 1. The lowest BCUT2D eigenvalue weighted by Crippen LogP contribution is -2.22. The minimum absolute atomic E-state index is 0.0760. The number of carbonyl (C=O) groups is 3. The Morgan fingerprint density at radius 1 is 1.03 bits per heavy atom. The van der Waals surface area contributed by atoms with Gasteiger partial charge in [0.1, 0.15) is 11.5 Å². The molecule has 0 aliphatic carbocycles. The number of methoxy groups -OCH3 is 1. The van der Waals surface area contributed by atoms with Crippen LogP contribution in [0.15, 0.2) is 71.1 Å². The van der Waals surface area contributed by atoms with E-state index in [-0.39, 0.29) is 18.2 Å². The minimum Gasteiger partial charge on any atom is -0.506 e. The van der Waals surface area contributed by atoms with E-state index in [0.29, 0.717) is 31.5 Å². The Balaban J connectivity index is 1.37. The van der Waals surface area contributed by atoms with Gasteiger partial charge in [-0.25, -0.2) is 5.43 Å². The van der Waals surface area contributed by atoms with E-state index >= 15 is 0 Å². The maximum absolute atomic E-state index is 12.6. The molecule has 194 valence electrons. The molecular formula is C27H24N4O5S2. The first-order valence-corrected chi connectivity index (χ1v) is 13.0. The number of nitrogens with two attached hydrogens (primary N) is 1. The third kappa shape index (κ3) is 6.07. The number of thiophene rings is 2. The first-order chi connectivity index (χ1) is 18.3. The van der Waals surface area contributed by atoms with E-state index in [4.69, 9.17) is 10.5 Å². The quantitative estimate of drug-likeness (QED) is 0.181. The molecular weight excluding hydrogens is 524 g/mol. The summed E-state index contributed by atoms with van der Waals surface area (Å²) in [5.74, 6) is -0.584. The summed E-state index contributed by atoms with van der Waals surface area (Å²) in [6.45, 7) is 1.88. The standard InChI is InChI=1S/C27H24N4O5S2/c1-15(20-14-37-24(23(20)32)17-6-8-19(36-2)9-7-17)30-31-27(35)22-11-10-21(38-22)26(34)29-13-16-4-3-5-18(12-16)25(28)33/h3-12,14,32H,13H2,1-2H3,(H2,28,33)(H,29,34)(H,31,35)/b30-15+. The monoisotopic (exact) mass is 548 g/mol. The average molecular weight is 549 g/mol. The van der Waals surface area contributed by atoms with Crippen LogP contribution in [0.5, 0.6) is 11.5 Å². The zero-order valence-corrected chi connectivity index (χ0v) is 22.1. The maximum Gasteiger partial charge on any atom is 0.281 e. The maximum atomic E-state index is 12.6. The molecule has 0 atom stereocenters. The summed E-state index contributed by atoms with van der Waals surface area (Å²) in [6.07, 6.45) is 0. The Labute approximate surface area is 226 Å². The first kappa shape index (κ1) is 26.6. The summed E-state index contributed by atoms with van der Waals surface area (Å²) in [7, 11) is 1.59. The number of carbonyl (C=O) groups excluding carboxylic acids is 3. The van der Waals surface area contributed by atoms with Crippen molar-refractivity contribution in [2.75, 3.05) is 7.11 Å². The number of hydrogen-bond donors (Lipinski definition) is 4. The predicted molar refractivity (Wildman–Crippen MR) is 148 cm³/mol. The van der Waals surface area contributed by atoms with Gasteiger partial charge in [0.25, 0.3) is 11.8 Å². The topological polar surface area (TPSA) is 143 Å². The van der Waals surface area contributed by atoms with Crippen molar-refractivity contribution in [3.05, 3.63) is 92.5 Å². The highest BCUT2D eigenvalue weighted by Crippen LogP contribution is 2.39. The molecule has 0 fully saturated rings. The van der Waals surface area contributed by atoms with Crippen LogP contribution in [0.1, 0.15) is 47.8 Å². The summed E-state index contributed by atoms with van der Waals surface area (Å²) in [4.78, 5) is 37.8. The van der Waals surface area contributed by atoms with Crippen molar-refractivity contribution in [3.8, 4) is 21.9 Å². The molecule has 0 aliphatic heterocycles. The highest BCUT2D eigenvalue weighted by molar-refractivity contribution is 7.16. The molecule has 0 spiro atoms. The lowest BCUT2D eigenvalue weighted by atomic mass is 10.1. The molecule has 3 amide bonds. The van der Waals surface area contributed by atoms with Gasteiger partial charge in [0.05, 0.1) is 33.0 Å². The minimum atomic E-state index is -0.545. The Hall–Kier alpha value is -4.48. The van der Waals surface area contributed by atoms with Gasteiger partial charge < -0.3 is 20.9 Å². The number of hydrogen-bond acceptors (Lipinski definition) is 8. The van der Waals surface area contributed by atoms with E-state index < -0.39 is 11.8 Å². The lowest BCUT2D eigenvalue weighted by Gasteiger charge is -2.05. The summed E-state index contributed by atoms with van der Waals surface area (Å²) >= 11 is 2.39. The van der Waals surface area contributed by atoms with Gasteiger partial charge in [-0.1, -0.05) is 12.1 Å². The molecule has 11 heteroatoms. The predicted octanol–water partition coefficient (Wildman–Crippen LogP) is 4.37. The molecule has 9 nitrogen and oxygen atoms in total. The summed E-state index contributed by atoms with van der Waals surface area (Å²) in [5.41, 5.74) is 10.6. The number of ether oxygens (including phenoxy) is 1. The molecule has 2 aromatic heterocycles. The average Bonchev–Trinajstić information content (AvgIpc) is 3.58. The van der Waals surface area contributed by atoms with Gasteiger partial charge >= 0.3 is 0 Å². The van der Waals surface area contributed by atoms with Crippen molar-refractivity contribution in [2.45, 2.75) is 13.5 Å².